The number of aryl methyl sites for hydroxylation is 1. The Morgan fingerprint density at radius 3 is 2.33 bits per heavy atom. The summed E-state index contributed by atoms with van der Waals surface area (Å²) >= 11 is 0. The van der Waals surface area contributed by atoms with Crippen molar-refractivity contribution in [2.24, 2.45) is 0 Å². The van der Waals surface area contributed by atoms with E-state index in [9.17, 15) is 18.0 Å². The number of benzene rings is 1. The SMILES string of the molecule is Cc1ccc(S(=O)(=O)NC2CC2)cc1C(=O)N(CCN(C)C)CC(=O)OC(C)(C)C. The number of amides is 1. The molecule has 1 aliphatic carbocycles. The molecule has 0 spiro atoms. The first-order valence-corrected chi connectivity index (χ1v) is 11.6. The lowest BCUT2D eigenvalue weighted by Crippen LogP contribution is -2.42. The number of carbonyl (C=O) groups is 2. The van der Waals surface area contributed by atoms with Crippen LogP contribution in [0.3, 0.4) is 0 Å². The van der Waals surface area contributed by atoms with Gasteiger partial charge in [-0.05, 0) is 72.3 Å². The minimum absolute atomic E-state index is 0.0285. The van der Waals surface area contributed by atoms with Gasteiger partial charge in [-0.2, -0.15) is 0 Å². The minimum Gasteiger partial charge on any atom is -0.459 e. The van der Waals surface area contributed by atoms with E-state index in [1.54, 1.807) is 33.8 Å². The van der Waals surface area contributed by atoms with Gasteiger partial charge in [0.2, 0.25) is 10.0 Å². The number of hydrogen-bond acceptors (Lipinski definition) is 6. The van der Waals surface area contributed by atoms with E-state index in [2.05, 4.69) is 4.72 Å². The van der Waals surface area contributed by atoms with Gasteiger partial charge in [0, 0.05) is 24.7 Å². The standard InChI is InChI=1S/C21H33N3O5S/c1-15-7-10-17(30(27,28)22-16-8-9-16)13-18(15)20(26)24(12-11-23(5)6)14-19(25)29-21(2,3)4/h7,10,13,16,22H,8-9,11-12,14H2,1-6H3. The maximum absolute atomic E-state index is 13.3. The number of esters is 1. The van der Waals surface area contributed by atoms with Crippen LogP contribution in [0.2, 0.25) is 0 Å². The second-order valence-corrected chi connectivity index (χ2v) is 10.7. The summed E-state index contributed by atoms with van der Waals surface area (Å²) in [5.41, 5.74) is 0.242. The Balaban J connectivity index is 2.28. The highest BCUT2D eigenvalue weighted by molar-refractivity contribution is 7.89. The molecule has 1 N–H and O–H groups in total. The lowest BCUT2D eigenvalue weighted by molar-refractivity contribution is -0.155. The first-order valence-electron chi connectivity index (χ1n) is 10.1. The van der Waals surface area contributed by atoms with Crippen molar-refractivity contribution in [3.05, 3.63) is 29.3 Å². The fraction of sp³-hybridized carbons (Fsp3) is 0.619. The molecule has 1 aromatic carbocycles. The van der Waals surface area contributed by atoms with E-state index in [-0.39, 0.29) is 23.0 Å². The number of likely N-dealkylation sites (N-methyl/N-ethyl adjacent to an activating group) is 1. The minimum atomic E-state index is -3.69. The van der Waals surface area contributed by atoms with Crippen molar-refractivity contribution < 1.29 is 22.7 Å². The largest absolute Gasteiger partial charge is 0.459 e. The molecule has 0 aliphatic heterocycles. The zero-order valence-corrected chi connectivity index (χ0v) is 19.5. The van der Waals surface area contributed by atoms with Gasteiger partial charge in [0.25, 0.3) is 5.91 Å². The molecule has 0 unspecified atom stereocenters. The Bertz CT molecular complexity index is 886. The number of ether oxygens (including phenoxy) is 1. The molecule has 30 heavy (non-hydrogen) atoms. The summed E-state index contributed by atoms with van der Waals surface area (Å²) in [7, 11) is 0.0574. The van der Waals surface area contributed by atoms with Crippen molar-refractivity contribution in [2.75, 3.05) is 33.7 Å². The van der Waals surface area contributed by atoms with Gasteiger partial charge in [-0.1, -0.05) is 6.07 Å². The van der Waals surface area contributed by atoms with Crippen LogP contribution in [0.1, 0.15) is 49.5 Å². The van der Waals surface area contributed by atoms with Crippen LogP contribution in [0.15, 0.2) is 23.1 Å². The van der Waals surface area contributed by atoms with Gasteiger partial charge in [0.1, 0.15) is 12.1 Å². The quantitative estimate of drug-likeness (QED) is 0.589. The van der Waals surface area contributed by atoms with Crippen LogP contribution >= 0.6 is 0 Å². The van der Waals surface area contributed by atoms with E-state index in [1.165, 1.54) is 17.0 Å². The molecule has 0 radical (unpaired) electrons. The predicted octanol–water partition coefficient (Wildman–Crippen LogP) is 1.78. The molecular weight excluding hydrogens is 406 g/mol. The van der Waals surface area contributed by atoms with Crippen LogP contribution in [0, 0.1) is 6.92 Å². The van der Waals surface area contributed by atoms with Gasteiger partial charge < -0.3 is 14.5 Å². The van der Waals surface area contributed by atoms with Crippen LogP contribution in [-0.2, 0) is 19.6 Å². The Labute approximate surface area is 179 Å². The van der Waals surface area contributed by atoms with E-state index in [1.807, 2.05) is 19.0 Å². The highest BCUT2D eigenvalue weighted by atomic mass is 32.2. The number of nitrogens with one attached hydrogen (secondary N) is 1. The number of sulfonamides is 1. The van der Waals surface area contributed by atoms with Crippen molar-refractivity contribution in [1.29, 1.82) is 0 Å². The first-order chi connectivity index (χ1) is 13.8. The summed E-state index contributed by atoms with van der Waals surface area (Å²) in [4.78, 5) is 29.0. The second-order valence-electron chi connectivity index (χ2n) is 8.99. The molecule has 1 fully saturated rings. The molecule has 9 heteroatoms. The Hall–Kier alpha value is -1.97. The smallest absolute Gasteiger partial charge is 0.326 e. The number of nitrogens with zero attached hydrogens (tertiary/aromatic N) is 2. The summed E-state index contributed by atoms with van der Waals surface area (Å²) < 4.78 is 33.1. The summed E-state index contributed by atoms with van der Waals surface area (Å²) in [5, 5.41) is 0. The summed E-state index contributed by atoms with van der Waals surface area (Å²) in [6.45, 7) is 7.69. The molecule has 0 saturated heterocycles. The van der Waals surface area contributed by atoms with Crippen molar-refractivity contribution in [3.63, 3.8) is 0 Å². The van der Waals surface area contributed by atoms with Crippen LogP contribution in [0.5, 0.6) is 0 Å². The molecule has 0 aromatic heterocycles. The van der Waals surface area contributed by atoms with Gasteiger partial charge in [0.05, 0.1) is 4.90 Å². The average molecular weight is 440 g/mol. The molecule has 1 aromatic rings. The van der Waals surface area contributed by atoms with Crippen LogP contribution in [0.4, 0.5) is 0 Å². The molecule has 0 atom stereocenters. The van der Waals surface area contributed by atoms with Crippen LogP contribution in [0.25, 0.3) is 0 Å². The van der Waals surface area contributed by atoms with Gasteiger partial charge in [-0.3, -0.25) is 9.59 Å². The fourth-order valence-corrected chi connectivity index (χ4v) is 4.09. The fourth-order valence-electron chi connectivity index (χ4n) is 2.76. The lowest BCUT2D eigenvalue weighted by Gasteiger charge is -2.27. The lowest BCUT2D eigenvalue weighted by atomic mass is 10.1. The summed E-state index contributed by atoms with van der Waals surface area (Å²) in [5.74, 6) is -0.907. The average Bonchev–Trinajstić information content (AvgIpc) is 3.39. The number of carbonyl (C=O) groups excluding carboxylic acids is 2. The molecule has 1 saturated carbocycles. The van der Waals surface area contributed by atoms with Crippen molar-refractivity contribution >= 4 is 21.9 Å². The van der Waals surface area contributed by atoms with Crippen LogP contribution in [-0.4, -0.2) is 75.5 Å². The molecule has 1 aliphatic rings. The normalized spacial score (nSPS) is 14.6. The van der Waals surface area contributed by atoms with E-state index >= 15 is 0 Å². The molecule has 8 nitrogen and oxygen atoms in total. The maximum atomic E-state index is 13.3. The topological polar surface area (TPSA) is 96.0 Å². The molecule has 0 heterocycles. The second kappa shape index (κ2) is 9.45. The highest BCUT2D eigenvalue weighted by Crippen LogP contribution is 2.24. The monoisotopic (exact) mass is 439 g/mol. The van der Waals surface area contributed by atoms with Crippen LogP contribution < -0.4 is 4.72 Å². The zero-order valence-electron chi connectivity index (χ0n) is 18.7. The maximum Gasteiger partial charge on any atom is 0.326 e. The van der Waals surface area contributed by atoms with Crippen molar-refractivity contribution in [1.82, 2.24) is 14.5 Å². The number of rotatable bonds is 9. The van der Waals surface area contributed by atoms with Crippen molar-refractivity contribution in [3.8, 4) is 0 Å². The third-order valence-electron chi connectivity index (χ3n) is 4.49. The highest BCUT2D eigenvalue weighted by Gasteiger charge is 2.29. The van der Waals surface area contributed by atoms with Gasteiger partial charge in [-0.25, -0.2) is 13.1 Å². The third-order valence-corrected chi connectivity index (χ3v) is 6.01. The van der Waals surface area contributed by atoms with E-state index in [4.69, 9.17) is 4.74 Å². The van der Waals surface area contributed by atoms with E-state index < -0.39 is 27.5 Å². The first kappa shape index (κ1) is 24.3. The third kappa shape index (κ3) is 7.37. The molecule has 1 amide bonds. The van der Waals surface area contributed by atoms with Gasteiger partial charge in [-0.15, -0.1) is 0 Å². The molecule has 168 valence electrons. The summed E-state index contributed by atoms with van der Waals surface area (Å²) in [6.07, 6.45) is 1.65. The summed E-state index contributed by atoms with van der Waals surface area (Å²) in [6, 6.07) is 4.47. The predicted molar refractivity (Wildman–Crippen MR) is 115 cm³/mol. The zero-order chi connectivity index (χ0) is 22.7. The van der Waals surface area contributed by atoms with E-state index in [0.717, 1.165) is 12.8 Å². The van der Waals surface area contributed by atoms with Gasteiger partial charge in [0.15, 0.2) is 0 Å². The molecule has 2 rings (SSSR count). The molecular formula is C21H33N3O5S. The Morgan fingerprint density at radius 1 is 1.17 bits per heavy atom. The van der Waals surface area contributed by atoms with Crippen molar-refractivity contribution in [2.45, 2.75) is 57.1 Å². The number of hydrogen-bond donors (Lipinski definition) is 1. The Morgan fingerprint density at radius 2 is 1.80 bits per heavy atom. The van der Waals surface area contributed by atoms with E-state index in [0.29, 0.717) is 18.7 Å². The molecule has 0 bridgehead atoms. The Kier molecular flexibility index (Phi) is 7.65. The van der Waals surface area contributed by atoms with Gasteiger partial charge >= 0.3 is 5.97 Å².